The van der Waals surface area contributed by atoms with E-state index >= 15 is 0 Å². The first-order valence-corrected chi connectivity index (χ1v) is 7.27. The van der Waals surface area contributed by atoms with Crippen molar-refractivity contribution in [2.75, 3.05) is 6.61 Å². The Hall–Kier alpha value is -1.61. The maximum atomic E-state index is 11.7. The van der Waals surface area contributed by atoms with E-state index in [0.717, 1.165) is 36.0 Å². The number of ether oxygens (including phenoxy) is 1. The molecule has 108 valence electrons. The van der Waals surface area contributed by atoms with Gasteiger partial charge in [-0.15, -0.1) is 0 Å². The Kier molecular flexibility index (Phi) is 4.96. The van der Waals surface area contributed by atoms with Crippen LogP contribution in [0.2, 0.25) is 0 Å². The molecule has 0 spiro atoms. The number of aliphatic hydroxyl groups excluding tert-OH is 1. The number of benzene rings is 1. The lowest BCUT2D eigenvalue weighted by Gasteiger charge is -2.11. The van der Waals surface area contributed by atoms with Gasteiger partial charge in [0.15, 0.2) is 0 Å². The summed E-state index contributed by atoms with van der Waals surface area (Å²) in [5.74, 6) is -0.432. The van der Waals surface area contributed by atoms with Gasteiger partial charge in [0, 0.05) is 0 Å². The van der Waals surface area contributed by atoms with E-state index in [1.165, 1.54) is 0 Å². The summed E-state index contributed by atoms with van der Waals surface area (Å²) in [6.07, 6.45) is 4.67. The van der Waals surface area contributed by atoms with Gasteiger partial charge in [0.05, 0.1) is 18.6 Å². The topological polar surface area (TPSA) is 46.5 Å². The molecule has 2 atom stereocenters. The predicted octanol–water partition coefficient (Wildman–Crippen LogP) is 3.28. The van der Waals surface area contributed by atoms with Crippen LogP contribution in [0.4, 0.5) is 0 Å². The fourth-order valence-electron chi connectivity index (χ4n) is 2.52. The van der Waals surface area contributed by atoms with Crippen LogP contribution in [0, 0.1) is 0 Å². The van der Waals surface area contributed by atoms with Gasteiger partial charge in [0.25, 0.3) is 0 Å². The van der Waals surface area contributed by atoms with Gasteiger partial charge in [-0.2, -0.15) is 0 Å². The molecule has 1 aromatic carbocycles. The number of hydrogen-bond acceptors (Lipinski definition) is 3. The second kappa shape index (κ2) is 6.71. The highest BCUT2D eigenvalue weighted by atomic mass is 16.5. The summed E-state index contributed by atoms with van der Waals surface area (Å²) in [4.78, 5) is 11.7. The van der Waals surface area contributed by atoms with Crippen molar-refractivity contribution in [1.29, 1.82) is 0 Å². The fraction of sp³-hybridized carbons (Fsp3) is 0.471. The standard InChI is InChI=1S/C17H22O3/c1-3-20-17(19)12(2)14-9-7-13(8-10-14)11-15-5-4-6-16(15)18/h7-12,16,18H,3-6H2,1-2H3/b15-11-. The van der Waals surface area contributed by atoms with E-state index in [4.69, 9.17) is 4.74 Å². The Morgan fingerprint density at radius 1 is 1.45 bits per heavy atom. The second-order valence-corrected chi connectivity index (χ2v) is 5.27. The van der Waals surface area contributed by atoms with Gasteiger partial charge >= 0.3 is 5.97 Å². The summed E-state index contributed by atoms with van der Waals surface area (Å²) in [6, 6.07) is 7.89. The lowest BCUT2D eigenvalue weighted by Crippen LogP contribution is -2.12. The number of hydrogen-bond donors (Lipinski definition) is 1. The number of esters is 1. The van der Waals surface area contributed by atoms with Crippen LogP contribution in [0.5, 0.6) is 0 Å². The third-order valence-corrected chi connectivity index (χ3v) is 3.80. The first-order chi connectivity index (χ1) is 9.61. The van der Waals surface area contributed by atoms with Crippen molar-refractivity contribution in [3.63, 3.8) is 0 Å². The zero-order valence-electron chi connectivity index (χ0n) is 12.1. The molecule has 0 heterocycles. The Bertz CT molecular complexity index is 487. The maximum Gasteiger partial charge on any atom is 0.313 e. The number of rotatable bonds is 4. The molecule has 1 saturated carbocycles. The van der Waals surface area contributed by atoms with Crippen molar-refractivity contribution < 1.29 is 14.6 Å². The number of carbonyl (C=O) groups is 1. The molecule has 0 bridgehead atoms. The summed E-state index contributed by atoms with van der Waals surface area (Å²) >= 11 is 0. The van der Waals surface area contributed by atoms with Crippen molar-refractivity contribution in [1.82, 2.24) is 0 Å². The molecule has 2 unspecified atom stereocenters. The minimum Gasteiger partial charge on any atom is -0.466 e. The Labute approximate surface area is 120 Å². The van der Waals surface area contributed by atoms with Gasteiger partial charge in [0.2, 0.25) is 0 Å². The molecule has 1 fully saturated rings. The average molecular weight is 274 g/mol. The van der Waals surface area contributed by atoms with E-state index in [9.17, 15) is 9.90 Å². The van der Waals surface area contributed by atoms with Gasteiger partial charge in [0.1, 0.15) is 0 Å². The highest BCUT2D eigenvalue weighted by molar-refractivity contribution is 5.77. The molecule has 0 aromatic heterocycles. The summed E-state index contributed by atoms with van der Waals surface area (Å²) < 4.78 is 5.03. The van der Waals surface area contributed by atoms with E-state index < -0.39 is 0 Å². The largest absolute Gasteiger partial charge is 0.466 e. The second-order valence-electron chi connectivity index (χ2n) is 5.27. The maximum absolute atomic E-state index is 11.7. The monoisotopic (exact) mass is 274 g/mol. The normalized spacial score (nSPS) is 21.9. The lowest BCUT2D eigenvalue weighted by atomic mass is 9.99. The zero-order chi connectivity index (χ0) is 14.5. The molecule has 0 saturated heterocycles. The smallest absolute Gasteiger partial charge is 0.313 e. The molecule has 1 aliphatic carbocycles. The van der Waals surface area contributed by atoms with Crippen LogP contribution in [-0.2, 0) is 9.53 Å². The Morgan fingerprint density at radius 2 is 2.15 bits per heavy atom. The van der Waals surface area contributed by atoms with E-state index in [0.29, 0.717) is 6.61 Å². The molecule has 2 rings (SSSR count). The highest BCUT2D eigenvalue weighted by Gasteiger charge is 2.18. The Morgan fingerprint density at radius 3 is 2.70 bits per heavy atom. The van der Waals surface area contributed by atoms with Crippen LogP contribution < -0.4 is 0 Å². The average Bonchev–Trinajstić information content (AvgIpc) is 2.85. The van der Waals surface area contributed by atoms with Crippen LogP contribution in [0.25, 0.3) is 6.08 Å². The lowest BCUT2D eigenvalue weighted by molar-refractivity contribution is -0.144. The minimum absolute atomic E-state index is 0.190. The molecule has 0 amide bonds. The van der Waals surface area contributed by atoms with Crippen LogP contribution in [0.15, 0.2) is 29.8 Å². The van der Waals surface area contributed by atoms with Gasteiger partial charge in [-0.05, 0) is 49.8 Å². The van der Waals surface area contributed by atoms with Crippen LogP contribution in [-0.4, -0.2) is 23.8 Å². The summed E-state index contributed by atoms with van der Waals surface area (Å²) in [5, 5.41) is 9.80. The summed E-state index contributed by atoms with van der Waals surface area (Å²) in [5.41, 5.74) is 3.13. The van der Waals surface area contributed by atoms with Crippen LogP contribution >= 0.6 is 0 Å². The molecule has 0 aliphatic heterocycles. The third kappa shape index (κ3) is 3.48. The molecule has 1 N–H and O–H groups in total. The number of carbonyl (C=O) groups excluding carboxylic acids is 1. The quantitative estimate of drug-likeness (QED) is 0.857. The van der Waals surface area contributed by atoms with Crippen molar-refractivity contribution in [2.24, 2.45) is 0 Å². The molecule has 0 radical (unpaired) electrons. The molecule has 20 heavy (non-hydrogen) atoms. The van der Waals surface area contributed by atoms with Crippen LogP contribution in [0.3, 0.4) is 0 Å². The molecule has 1 aliphatic rings. The van der Waals surface area contributed by atoms with E-state index in [-0.39, 0.29) is 18.0 Å². The third-order valence-electron chi connectivity index (χ3n) is 3.80. The first-order valence-electron chi connectivity index (χ1n) is 7.27. The first kappa shape index (κ1) is 14.8. The van der Waals surface area contributed by atoms with E-state index in [2.05, 4.69) is 6.08 Å². The SMILES string of the molecule is CCOC(=O)C(C)c1ccc(/C=C2/CCCC2O)cc1. The minimum atomic E-state index is -0.284. The van der Waals surface area contributed by atoms with Crippen molar-refractivity contribution in [3.05, 3.63) is 41.0 Å². The van der Waals surface area contributed by atoms with Gasteiger partial charge in [-0.25, -0.2) is 0 Å². The summed E-state index contributed by atoms with van der Waals surface area (Å²) in [7, 11) is 0. The molecular weight excluding hydrogens is 252 g/mol. The van der Waals surface area contributed by atoms with Crippen molar-refractivity contribution in [3.8, 4) is 0 Å². The highest BCUT2D eigenvalue weighted by Crippen LogP contribution is 2.27. The zero-order valence-corrected chi connectivity index (χ0v) is 12.1. The molecule has 1 aromatic rings. The summed E-state index contributed by atoms with van der Waals surface area (Å²) in [6.45, 7) is 4.07. The molecule has 3 heteroatoms. The van der Waals surface area contributed by atoms with E-state index in [1.54, 1.807) is 0 Å². The number of aliphatic hydroxyl groups is 1. The van der Waals surface area contributed by atoms with Crippen molar-refractivity contribution in [2.45, 2.75) is 45.1 Å². The van der Waals surface area contributed by atoms with Crippen molar-refractivity contribution >= 4 is 12.0 Å². The van der Waals surface area contributed by atoms with Gasteiger partial charge in [-0.1, -0.05) is 30.3 Å². The van der Waals surface area contributed by atoms with Gasteiger partial charge in [-0.3, -0.25) is 4.79 Å². The Balaban J connectivity index is 2.08. The molecular formula is C17H22O3. The molecule has 3 nitrogen and oxygen atoms in total. The fourth-order valence-corrected chi connectivity index (χ4v) is 2.52. The predicted molar refractivity (Wildman–Crippen MR) is 79.3 cm³/mol. The van der Waals surface area contributed by atoms with Gasteiger partial charge < -0.3 is 9.84 Å². The van der Waals surface area contributed by atoms with Crippen LogP contribution in [0.1, 0.15) is 50.2 Å². The van der Waals surface area contributed by atoms with E-state index in [1.807, 2.05) is 38.1 Å².